The number of carbonyl (C=O) groups is 1. The Morgan fingerprint density at radius 1 is 1.29 bits per heavy atom. The summed E-state index contributed by atoms with van der Waals surface area (Å²) < 4.78 is 10.3. The van der Waals surface area contributed by atoms with Crippen molar-refractivity contribution in [1.82, 2.24) is 10.2 Å². The molecule has 3 aromatic rings. The molecule has 2 aromatic heterocycles. The number of nitrogens with zero attached hydrogens (tertiary/aromatic N) is 2. The number of ether oxygens (including phenoxy) is 1. The van der Waals surface area contributed by atoms with Crippen LogP contribution in [0.1, 0.15) is 28.9 Å². The van der Waals surface area contributed by atoms with Crippen LogP contribution in [0.15, 0.2) is 50.6 Å². The van der Waals surface area contributed by atoms with E-state index in [4.69, 9.17) is 20.8 Å². The normalized spacial score (nSPS) is 11.6. The zero-order chi connectivity index (χ0) is 22.4. The molecule has 0 unspecified atom stereocenters. The lowest BCUT2D eigenvalue weighted by atomic mass is 10.2. The minimum absolute atomic E-state index is 0.0393. The minimum Gasteiger partial charge on any atom is -0.488 e. The number of amides is 1. The fourth-order valence-corrected chi connectivity index (χ4v) is 4.60. The first-order chi connectivity index (χ1) is 15.0. The van der Waals surface area contributed by atoms with Crippen LogP contribution in [-0.4, -0.2) is 29.5 Å². The Morgan fingerprint density at radius 3 is 2.68 bits per heavy atom. The van der Waals surface area contributed by atoms with Crippen molar-refractivity contribution in [3.63, 3.8) is 0 Å². The number of thioether (sulfide) groups is 1. The van der Waals surface area contributed by atoms with Crippen LogP contribution < -0.4 is 21.0 Å². The highest BCUT2D eigenvalue weighted by Gasteiger charge is 2.20. The molecule has 1 aromatic carbocycles. The highest BCUT2D eigenvalue weighted by Crippen LogP contribution is 2.35. The van der Waals surface area contributed by atoms with Crippen molar-refractivity contribution in [1.29, 1.82) is 0 Å². The van der Waals surface area contributed by atoms with Crippen LogP contribution in [0.25, 0.3) is 4.91 Å². The Hall–Kier alpha value is -2.82. The number of hydrogen-bond donors (Lipinski definition) is 2. The number of anilines is 3. The molecule has 3 rings (SSSR count). The van der Waals surface area contributed by atoms with Crippen molar-refractivity contribution in [2.45, 2.75) is 13.3 Å². The van der Waals surface area contributed by atoms with Crippen molar-refractivity contribution in [2.75, 3.05) is 24.0 Å². The monoisotopic (exact) mass is 478 g/mol. The smallest absolute Gasteiger partial charge is 0.381 e. The number of carbonyl (C=O) groups excluding carboxylic acids is 1. The van der Waals surface area contributed by atoms with E-state index in [9.17, 15) is 9.59 Å². The standard InChI is InChI=1S/C20H19ClN4O4S2/c1-4-12(21)16(30-3)18-24-25-20(31-18)23-17(26)14-10-13(15(28-2)19(27)29-14)22-11-8-6-5-7-9-11/h5-10,22H,4H2,1-3H3,(H,23,25,26)/b16-12+. The number of halogens is 1. The van der Waals surface area contributed by atoms with E-state index in [0.717, 1.165) is 10.6 Å². The fourth-order valence-electron chi connectivity index (χ4n) is 2.56. The third-order valence-corrected chi connectivity index (χ3v) is 6.39. The molecule has 2 N–H and O–H groups in total. The van der Waals surface area contributed by atoms with E-state index < -0.39 is 11.5 Å². The number of allylic oxidation sites excluding steroid dienone is 1. The molecule has 162 valence electrons. The third-order valence-electron chi connectivity index (χ3n) is 3.99. The predicted octanol–water partition coefficient (Wildman–Crippen LogP) is 5.18. The Bertz CT molecular complexity index is 1160. The van der Waals surface area contributed by atoms with E-state index in [-0.39, 0.29) is 16.6 Å². The van der Waals surface area contributed by atoms with E-state index in [1.54, 1.807) is 0 Å². The molecular formula is C20H19ClN4O4S2. The second kappa shape index (κ2) is 10.5. The van der Waals surface area contributed by atoms with Gasteiger partial charge in [-0.3, -0.25) is 10.1 Å². The van der Waals surface area contributed by atoms with Gasteiger partial charge in [0.15, 0.2) is 10.8 Å². The first-order valence-corrected chi connectivity index (χ1v) is 11.5. The van der Waals surface area contributed by atoms with Crippen LogP contribution in [-0.2, 0) is 0 Å². The molecule has 0 fully saturated rings. The predicted molar refractivity (Wildman–Crippen MR) is 126 cm³/mol. The molecule has 0 aliphatic heterocycles. The van der Waals surface area contributed by atoms with Crippen LogP contribution in [0, 0.1) is 0 Å². The van der Waals surface area contributed by atoms with Crippen LogP contribution in [0.2, 0.25) is 0 Å². The summed E-state index contributed by atoms with van der Waals surface area (Å²) in [7, 11) is 1.35. The molecule has 0 aliphatic rings. The average molecular weight is 479 g/mol. The Morgan fingerprint density at radius 2 is 2.03 bits per heavy atom. The Labute approximate surface area is 191 Å². The number of hydrogen-bond acceptors (Lipinski definition) is 9. The maximum Gasteiger partial charge on any atom is 0.381 e. The van der Waals surface area contributed by atoms with Gasteiger partial charge in [0.25, 0.3) is 5.91 Å². The second-order valence-corrected chi connectivity index (χ2v) is 8.24. The van der Waals surface area contributed by atoms with Crippen LogP contribution in [0.3, 0.4) is 0 Å². The summed E-state index contributed by atoms with van der Waals surface area (Å²) in [6.07, 6.45) is 2.55. The SMILES string of the molecule is CC/C(Cl)=C(\SC)c1nnc(NC(=O)c2cc(Nc3ccccc3)c(OC)c(=O)o2)s1. The maximum atomic E-state index is 12.7. The van der Waals surface area contributed by atoms with Gasteiger partial charge in [-0.05, 0) is 24.8 Å². The van der Waals surface area contributed by atoms with Gasteiger partial charge in [-0.2, -0.15) is 0 Å². The van der Waals surface area contributed by atoms with E-state index >= 15 is 0 Å². The number of aromatic nitrogens is 2. The summed E-state index contributed by atoms with van der Waals surface area (Å²) in [5.74, 6) is -0.884. The molecule has 2 heterocycles. The minimum atomic E-state index is -0.783. The van der Waals surface area contributed by atoms with Crippen molar-refractivity contribution in [3.05, 3.63) is 62.6 Å². The maximum absolute atomic E-state index is 12.7. The van der Waals surface area contributed by atoms with Gasteiger partial charge in [0, 0.05) is 16.8 Å². The number of nitrogens with one attached hydrogen (secondary N) is 2. The van der Waals surface area contributed by atoms with Gasteiger partial charge in [-0.1, -0.05) is 48.1 Å². The number of benzene rings is 1. The summed E-state index contributed by atoms with van der Waals surface area (Å²) in [4.78, 5) is 25.8. The van der Waals surface area contributed by atoms with Crippen molar-refractivity contribution >= 4 is 62.0 Å². The van der Waals surface area contributed by atoms with Gasteiger partial charge >= 0.3 is 5.63 Å². The van der Waals surface area contributed by atoms with Crippen LogP contribution in [0.5, 0.6) is 5.75 Å². The lowest BCUT2D eigenvalue weighted by molar-refractivity contribution is 0.0991. The van der Waals surface area contributed by atoms with E-state index in [2.05, 4.69) is 20.8 Å². The summed E-state index contributed by atoms with van der Waals surface area (Å²) >= 11 is 8.88. The molecular weight excluding hydrogens is 460 g/mol. The fraction of sp³-hybridized carbons (Fsp3) is 0.200. The summed E-state index contributed by atoms with van der Waals surface area (Å²) in [6.45, 7) is 1.94. The zero-order valence-electron chi connectivity index (χ0n) is 16.9. The topological polar surface area (TPSA) is 106 Å². The average Bonchev–Trinajstić information content (AvgIpc) is 3.22. The molecule has 0 atom stereocenters. The Kier molecular flexibility index (Phi) is 7.72. The van der Waals surface area contributed by atoms with Gasteiger partial charge < -0.3 is 14.5 Å². The molecule has 0 radical (unpaired) electrons. The summed E-state index contributed by atoms with van der Waals surface area (Å²) in [5, 5.41) is 15.2. The molecule has 0 saturated carbocycles. The molecule has 1 amide bonds. The highest BCUT2D eigenvalue weighted by atomic mass is 35.5. The lowest BCUT2D eigenvalue weighted by Gasteiger charge is -2.11. The summed E-state index contributed by atoms with van der Waals surface area (Å²) in [5.41, 5.74) is 0.236. The quantitative estimate of drug-likeness (QED) is 0.456. The molecule has 0 aliphatic carbocycles. The van der Waals surface area contributed by atoms with Gasteiger partial charge in [0.2, 0.25) is 10.9 Å². The van der Waals surface area contributed by atoms with Gasteiger partial charge in [0.1, 0.15) is 0 Å². The largest absolute Gasteiger partial charge is 0.488 e. The third kappa shape index (κ3) is 5.46. The molecule has 0 bridgehead atoms. The zero-order valence-corrected chi connectivity index (χ0v) is 19.3. The van der Waals surface area contributed by atoms with Crippen molar-refractivity contribution < 1.29 is 13.9 Å². The van der Waals surface area contributed by atoms with Crippen LogP contribution >= 0.6 is 34.7 Å². The van der Waals surface area contributed by atoms with Crippen molar-refractivity contribution in [2.24, 2.45) is 0 Å². The van der Waals surface area contributed by atoms with E-state index in [1.807, 2.05) is 43.5 Å². The highest BCUT2D eigenvalue weighted by molar-refractivity contribution is 8.08. The molecule has 0 saturated heterocycles. The van der Waals surface area contributed by atoms with E-state index in [0.29, 0.717) is 22.1 Å². The number of rotatable bonds is 8. The summed E-state index contributed by atoms with van der Waals surface area (Å²) in [6, 6.07) is 10.6. The van der Waals surface area contributed by atoms with Gasteiger partial charge in [-0.25, -0.2) is 4.79 Å². The molecule has 0 spiro atoms. The van der Waals surface area contributed by atoms with E-state index in [1.165, 1.54) is 36.3 Å². The molecule has 11 heteroatoms. The number of methoxy groups -OCH3 is 1. The first kappa shape index (κ1) is 22.9. The molecule has 31 heavy (non-hydrogen) atoms. The lowest BCUT2D eigenvalue weighted by Crippen LogP contribution is -2.16. The van der Waals surface area contributed by atoms with Gasteiger partial charge in [-0.15, -0.1) is 22.0 Å². The van der Waals surface area contributed by atoms with Crippen molar-refractivity contribution in [3.8, 4) is 5.75 Å². The first-order valence-electron chi connectivity index (χ1n) is 9.08. The van der Waals surface area contributed by atoms with Gasteiger partial charge in [0.05, 0.1) is 17.7 Å². The second-order valence-electron chi connectivity index (χ2n) is 5.99. The number of para-hydroxylation sites is 1. The van der Waals surface area contributed by atoms with Crippen LogP contribution in [0.4, 0.5) is 16.5 Å². The molecule has 8 nitrogen and oxygen atoms in total. The Balaban J connectivity index is 1.86.